The van der Waals surface area contributed by atoms with E-state index in [9.17, 15) is 14.4 Å². The fourth-order valence-electron chi connectivity index (χ4n) is 4.23. The molecule has 0 spiro atoms. The molecule has 1 saturated heterocycles. The van der Waals surface area contributed by atoms with Crippen molar-refractivity contribution in [3.63, 3.8) is 0 Å². The molecule has 1 N–H and O–H groups in total. The third-order valence-electron chi connectivity index (χ3n) is 6.13. The summed E-state index contributed by atoms with van der Waals surface area (Å²) in [6.07, 6.45) is 4.57. The molecule has 1 fully saturated rings. The topological polar surface area (TPSA) is 75.7 Å². The van der Waals surface area contributed by atoms with Gasteiger partial charge >= 0.3 is 5.97 Å². The van der Waals surface area contributed by atoms with E-state index in [0.29, 0.717) is 18.7 Å². The Morgan fingerprint density at radius 2 is 1.59 bits per heavy atom. The van der Waals surface area contributed by atoms with Gasteiger partial charge in [0.25, 0.3) is 5.91 Å². The number of nitrogens with zero attached hydrogens (tertiary/aromatic N) is 1. The molecule has 1 heterocycles. The van der Waals surface area contributed by atoms with Crippen LogP contribution in [0.3, 0.4) is 0 Å². The number of rotatable bonds is 5. The third kappa shape index (κ3) is 5.17. The molecule has 0 aliphatic carbocycles. The Hall–Kier alpha value is -3.93. The summed E-state index contributed by atoms with van der Waals surface area (Å²) in [5.74, 6) is -1.07. The first-order valence-corrected chi connectivity index (χ1v) is 11.5. The molecule has 174 valence electrons. The number of benzene rings is 3. The number of piperidine rings is 1. The van der Waals surface area contributed by atoms with Crippen molar-refractivity contribution in [3.05, 3.63) is 83.4 Å². The summed E-state index contributed by atoms with van der Waals surface area (Å²) in [5, 5.41) is 4.99. The molecule has 3 aromatic carbocycles. The van der Waals surface area contributed by atoms with Gasteiger partial charge in [-0.1, -0.05) is 36.4 Å². The number of anilines is 1. The first kappa shape index (κ1) is 23.2. The molecule has 6 nitrogen and oxygen atoms in total. The second-order valence-corrected chi connectivity index (χ2v) is 8.48. The van der Waals surface area contributed by atoms with Crippen LogP contribution in [-0.4, -0.2) is 42.9 Å². The molecule has 0 bridgehead atoms. The Morgan fingerprint density at radius 3 is 2.32 bits per heavy atom. The van der Waals surface area contributed by atoms with Crippen LogP contribution in [0.15, 0.2) is 66.7 Å². The number of likely N-dealkylation sites (tertiary alicyclic amines) is 1. The Labute approximate surface area is 199 Å². The first-order chi connectivity index (χ1) is 16.5. The lowest BCUT2D eigenvalue weighted by atomic mass is 10.0. The standard InChI is InChI=1S/C28H28N2O4/c1-19(21-11-10-20-8-4-5-9-22(20)17-21)16-26(31)29-25-18-23(12-13-24(25)28(33)34-2)27(32)30-14-6-3-7-15-30/h4-5,8-13,16-18H,3,6-7,14-15H2,1-2H3,(H,29,31)/b19-16-. The smallest absolute Gasteiger partial charge is 0.339 e. The summed E-state index contributed by atoms with van der Waals surface area (Å²) in [7, 11) is 1.28. The van der Waals surface area contributed by atoms with Crippen LogP contribution in [0.25, 0.3) is 16.3 Å². The van der Waals surface area contributed by atoms with Gasteiger partial charge in [-0.15, -0.1) is 0 Å². The van der Waals surface area contributed by atoms with Gasteiger partial charge in [-0.25, -0.2) is 4.79 Å². The number of fused-ring (bicyclic) bond motifs is 1. The van der Waals surface area contributed by atoms with Gasteiger partial charge in [-0.3, -0.25) is 9.59 Å². The first-order valence-electron chi connectivity index (χ1n) is 11.5. The maximum absolute atomic E-state index is 12.9. The number of amides is 2. The fourth-order valence-corrected chi connectivity index (χ4v) is 4.23. The summed E-state index contributed by atoms with van der Waals surface area (Å²) in [5.41, 5.74) is 2.59. The molecule has 3 aromatic rings. The van der Waals surface area contributed by atoms with Gasteiger partial charge in [-0.05, 0) is 72.4 Å². The summed E-state index contributed by atoms with van der Waals surface area (Å²) in [6.45, 7) is 3.29. The number of methoxy groups -OCH3 is 1. The molecule has 34 heavy (non-hydrogen) atoms. The fraction of sp³-hybridized carbons (Fsp3) is 0.250. The maximum Gasteiger partial charge on any atom is 0.339 e. The summed E-state index contributed by atoms with van der Waals surface area (Å²) >= 11 is 0. The van der Waals surface area contributed by atoms with Crippen LogP contribution in [0, 0.1) is 0 Å². The van der Waals surface area contributed by atoms with Crippen molar-refractivity contribution < 1.29 is 19.1 Å². The largest absolute Gasteiger partial charge is 0.465 e. The minimum absolute atomic E-state index is 0.102. The molecule has 1 aliphatic rings. The highest BCUT2D eigenvalue weighted by molar-refractivity contribution is 6.09. The van der Waals surface area contributed by atoms with Gasteiger partial charge in [0.05, 0.1) is 18.4 Å². The summed E-state index contributed by atoms with van der Waals surface area (Å²) in [4.78, 5) is 39.9. The number of ether oxygens (including phenoxy) is 1. The number of nitrogens with one attached hydrogen (secondary N) is 1. The minimum Gasteiger partial charge on any atom is -0.465 e. The van der Waals surface area contributed by atoms with Crippen molar-refractivity contribution in [1.82, 2.24) is 4.90 Å². The van der Waals surface area contributed by atoms with E-state index in [2.05, 4.69) is 5.32 Å². The van der Waals surface area contributed by atoms with Gasteiger partial charge in [0, 0.05) is 24.7 Å². The van der Waals surface area contributed by atoms with Crippen LogP contribution in [-0.2, 0) is 9.53 Å². The lowest BCUT2D eigenvalue weighted by molar-refractivity contribution is -0.111. The van der Waals surface area contributed by atoms with Crippen molar-refractivity contribution >= 4 is 39.8 Å². The average molecular weight is 457 g/mol. The SMILES string of the molecule is COC(=O)c1ccc(C(=O)N2CCCCC2)cc1NC(=O)/C=C(/C)c1ccc2ccccc2c1. The minimum atomic E-state index is -0.581. The Kier molecular flexibility index (Phi) is 7.07. The molecule has 4 rings (SSSR count). The van der Waals surface area contributed by atoms with Crippen molar-refractivity contribution in [2.45, 2.75) is 26.2 Å². The third-order valence-corrected chi connectivity index (χ3v) is 6.13. The molecular formula is C28H28N2O4. The molecule has 0 saturated carbocycles. The maximum atomic E-state index is 12.9. The van der Waals surface area contributed by atoms with Gasteiger partial charge < -0.3 is 15.0 Å². The van der Waals surface area contributed by atoms with Crippen LogP contribution in [0.4, 0.5) is 5.69 Å². The second-order valence-electron chi connectivity index (χ2n) is 8.48. The van der Waals surface area contributed by atoms with Crippen LogP contribution < -0.4 is 5.32 Å². The predicted molar refractivity (Wildman–Crippen MR) is 134 cm³/mol. The van der Waals surface area contributed by atoms with Crippen LogP contribution in [0.5, 0.6) is 0 Å². The lowest BCUT2D eigenvalue weighted by Gasteiger charge is -2.27. The molecule has 0 unspecified atom stereocenters. The van der Waals surface area contributed by atoms with Gasteiger partial charge in [0.15, 0.2) is 0 Å². The summed E-state index contributed by atoms with van der Waals surface area (Å²) in [6, 6.07) is 18.7. The predicted octanol–water partition coefficient (Wildman–Crippen LogP) is 5.29. The molecule has 0 radical (unpaired) electrons. The molecule has 6 heteroatoms. The quantitative estimate of drug-likeness (QED) is 0.418. The zero-order valence-corrected chi connectivity index (χ0v) is 19.5. The monoisotopic (exact) mass is 456 g/mol. The molecular weight excluding hydrogens is 428 g/mol. The lowest BCUT2D eigenvalue weighted by Crippen LogP contribution is -2.35. The normalized spacial score (nSPS) is 14.1. The Balaban J connectivity index is 1.59. The van der Waals surface area contributed by atoms with Gasteiger partial charge in [0.2, 0.25) is 5.91 Å². The van der Waals surface area contributed by atoms with Crippen molar-refractivity contribution in [1.29, 1.82) is 0 Å². The number of hydrogen-bond donors (Lipinski definition) is 1. The highest BCUT2D eigenvalue weighted by Crippen LogP contribution is 2.24. The van der Waals surface area contributed by atoms with E-state index in [1.54, 1.807) is 12.1 Å². The van der Waals surface area contributed by atoms with Gasteiger partial charge in [-0.2, -0.15) is 0 Å². The van der Waals surface area contributed by atoms with E-state index >= 15 is 0 Å². The van der Waals surface area contributed by atoms with Crippen molar-refractivity contribution in [3.8, 4) is 0 Å². The van der Waals surface area contributed by atoms with Gasteiger partial charge in [0.1, 0.15) is 0 Å². The number of esters is 1. The van der Waals surface area contributed by atoms with Crippen molar-refractivity contribution in [2.75, 3.05) is 25.5 Å². The second kappa shape index (κ2) is 10.3. The highest BCUT2D eigenvalue weighted by atomic mass is 16.5. The van der Waals surface area contributed by atoms with E-state index in [4.69, 9.17) is 4.74 Å². The van der Waals surface area contributed by atoms with E-state index in [1.807, 2.05) is 54.3 Å². The molecule has 1 aliphatic heterocycles. The number of carbonyl (C=O) groups is 3. The average Bonchev–Trinajstić information content (AvgIpc) is 2.87. The van der Waals surface area contributed by atoms with Crippen LogP contribution in [0.2, 0.25) is 0 Å². The number of hydrogen-bond acceptors (Lipinski definition) is 4. The number of carbonyl (C=O) groups excluding carboxylic acids is 3. The Bertz CT molecular complexity index is 1270. The van der Waals surface area contributed by atoms with E-state index in [1.165, 1.54) is 19.3 Å². The molecule has 2 amide bonds. The van der Waals surface area contributed by atoms with Crippen LogP contribution >= 0.6 is 0 Å². The van der Waals surface area contributed by atoms with E-state index in [-0.39, 0.29) is 17.2 Å². The molecule has 0 atom stereocenters. The summed E-state index contributed by atoms with van der Waals surface area (Å²) < 4.78 is 4.87. The van der Waals surface area contributed by atoms with Crippen molar-refractivity contribution in [2.24, 2.45) is 0 Å². The zero-order valence-electron chi connectivity index (χ0n) is 19.5. The molecule has 0 aromatic heterocycles. The Morgan fingerprint density at radius 1 is 0.882 bits per heavy atom. The van der Waals surface area contributed by atoms with E-state index < -0.39 is 11.9 Å². The zero-order chi connectivity index (χ0) is 24.1. The number of allylic oxidation sites excluding steroid dienone is 1. The van der Waals surface area contributed by atoms with Crippen LogP contribution in [0.1, 0.15) is 52.5 Å². The highest BCUT2D eigenvalue weighted by Gasteiger charge is 2.21. The van der Waals surface area contributed by atoms with E-state index in [0.717, 1.165) is 41.2 Å².